The summed E-state index contributed by atoms with van der Waals surface area (Å²) in [6, 6.07) is 20.1. The smallest absolute Gasteiger partial charge is 0.187 e. The molecule has 2 aliphatic heterocycles. The van der Waals surface area contributed by atoms with Crippen molar-refractivity contribution < 1.29 is 23.7 Å². The average Bonchev–Trinajstić information content (AvgIpc) is 3.02. The number of fused-ring (bicyclic) bond motifs is 1. The number of hydrogen-bond acceptors (Lipinski definition) is 5. The van der Waals surface area contributed by atoms with Crippen LogP contribution in [0.5, 0.6) is 0 Å². The van der Waals surface area contributed by atoms with Crippen molar-refractivity contribution in [2.24, 2.45) is 0 Å². The lowest BCUT2D eigenvalue weighted by Crippen LogP contribution is -2.50. The molecule has 2 aliphatic rings. The van der Waals surface area contributed by atoms with Crippen molar-refractivity contribution in [3.63, 3.8) is 0 Å². The summed E-state index contributed by atoms with van der Waals surface area (Å²) in [6.07, 6.45) is -1.23. The Morgan fingerprint density at radius 3 is 2.11 bits per heavy atom. The predicted octanol–water partition coefficient (Wildman–Crippen LogP) is 3.67. The van der Waals surface area contributed by atoms with Crippen LogP contribution in [0.25, 0.3) is 0 Å². The van der Waals surface area contributed by atoms with Crippen LogP contribution < -0.4 is 0 Å². The van der Waals surface area contributed by atoms with Gasteiger partial charge in [-0.3, -0.25) is 0 Å². The summed E-state index contributed by atoms with van der Waals surface area (Å²) in [6.45, 7) is 5.23. The molecule has 5 nitrogen and oxygen atoms in total. The number of benzene rings is 2. The zero-order valence-corrected chi connectivity index (χ0v) is 15.7. The highest BCUT2D eigenvalue weighted by molar-refractivity contribution is 5.14. The van der Waals surface area contributed by atoms with Crippen molar-refractivity contribution in [3.8, 4) is 0 Å². The van der Waals surface area contributed by atoms with Gasteiger partial charge < -0.3 is 23.7 Å². The summed E-state index contributed by atoms with van der Waals surface area (Å²) in [5.74, 6) is -0.660. The van der Waals surface area contributed by atoms with E-state index in [-0.39, 0.29) is 18.3 Å². The van der Waals surface area contributed by atoms with Crippen molar-refractivity contribution >= 4 is 0 Å². The summed E-state index contributed by atoms with van der Waals surface area (Å²) in [7, 11) is 0. The fourth-order valence-corrected chi connectivity index (χ4v) is 3.44. The van der Waals surface area contributed by atoms with Crippen LogP contribution in [-0.2, 0) is 36.9 Å². The minimum absolute atomic E-state index is 0.195. The molecule has 2 aromatic rings. The Bertz CT molecular complexity index is 718. The topological polar surface area (TPSA) is 46.2 Å². The van der Waals surface area contributed by atoms with Gasteiger partial charge in [0.25, 0.3) is 0 Å². The number of ether oxygens (including phenoxy) is 5. The monoisotopic (exact) mass is 370 g/mol. The van der Waals surface area contributed by atoms with Gasteiger partial charge in [-0.15, -0.1) is 0 Å². The number of rotatable bonds is 6. The third-order valence-corrected chi connectivity index (χ3v) is 4.82. The third-order valence-electron chi connectivity index (χ3n) is 4.82. The van der Waals surface area contributed by atoms with E-state index in [1.54, 1.807) is 0 Å². The second kappa shape index (κ2) is 8.09. The second-order valence-electron chi connectivity index (χ2n) is 7.39. The Morgan fingerprint density at radius 2 is 1.48 bits per heavy atom. The first-order valence-electron chi connectivity index (χ1n) is 9.39. The van der Waals surface area contributed by atoms with Crippen molar-refractivity contribution in [3.05, 3.63) is 71.8 Å². The Labute approximate surface area is 160 Å². The van der Waals surface area contributed by atoms with Crippen LogP contribution in [0.15, 0.2) is 60.7 Å². The minimum Gasteiger partial charge on any atom is -0.365 e. The first-order chi connectivity index (χ1) is 13.1. The van der Waals surface area contributed by atoms with E-state index in [9.17, 15) is 0 Å². The van der Waals surface area contributed by atoms with E-state index in [0.29, 0.717) is 19.8 Å². The molecule has 0 spiro atoms. The molecular weight excluding hydrogens is 344 g/mol. The summed E-state index contributed by atoms with van der Waals surface area (Å²) in [4.78, 5) is 0. The largest absolute Gasteiger partial charge is 0.365 e. The van der Waals surface area contributed by atoms with Crippen LogP contribution >= 0.6 is 0 Å². The van der Waals surface area contributed by atoms with Gasteiger partial charge in [0.15, 0.2) is 12.1 Å². The van der Waals surface area contributed by atoms with E-state index in [1.807, 2.05) is 74.5 Å². The van der Waals surface area contributed by atoms with E-state index in [0.717, 1.165) is 11.1 Å². The van der Waals surface area contributed by atoms with E-state index in [4.69, 9.17) is 23.7 Å². The van der Waals surface area contributed by atoms with Crippen molar-refractivity contribution in [2.75, 3.05) is 6.61 Å². The molecule has 2 saturated heterocycles. The van der Waals surface area contributed by atoms with Crippen LogP contribution in [0.1, 0.15) is 25.0 Å². The van der Waals surface area contributed by atoms with Crippen molar-refractivity contribution in [2.45, 2.75) is 57.5 Å². The van der Waals surface area contributed by atoms with Gasteiger partial charge in [0.2, 0.25) is 0 Å². The van der Waals surface area contributed by atoms with Gasteiger partial charge in [0.05, 0.1) is 19.8 Å². The van der Waals surface area contributed by atoms with E-state index >= 15 is 0 Å². The average molecular weight is 370 g/mol. The van der Waals surface area contributed by atoms with Crippen LogP contribution in [0, 0.1) is 0 Å². The maximum absolute atomic E-state index is 6.22. The fraction of sp³-hybridized carbons (Fsp3) is 0.455. The van der Waals surface area contributed by atoms with E-state index < -0.39 is 12.1 Å². The van der Waals surface area contributed by atoms with Gasteiger partial charge in [-0.1, -0.05) is 60.7 Å². The quantitative estimate of drug-likeness (QED) is 0.776. The first kappa shape index (κ1) is 18.6. The normalized spacial score (nSPS) is 29.4. The highest BCUT2D eigenvalue weighted by Gasteiger charge is 2.52. The Hall–Kier alpha value is -1.76. The molecule has 2 heterocycles. The van der Waals surface area contributed by atoms with Crippen LogP contribution in [-0.4, -0.2) is 37.0 Å². The maximum Gasteiger partial charge on any atom is 0.187 e. The van der Waals surface area contributed by atoms with Crippen LogP contribution in [0.2, 0.25) is 0 Å². The third kappa shape index (κ3) is 4.57. The molecule has 0 aromatic heterocycles. The van der Waals surface area contributed by atoms with Crippen LogP contribution in [0.3, 0.4) is 0 Å². The van der Waals surface area contributed by atoms with Crippen molar-refractivity contribution in [1.82, 2.24) is 0 Å². The molecule has 0 saturated carbocycles. The highest BCUT2D eigenvalue weighted by atomic mass is 16.8. The predicted molar refractivity (Wildman–Crippen MR) is 99.8 cm³/mol. The molecule has 0 bridgehead atoms. The summed E-state index contributed by atoms with van der Waals surface area (Å²) in [5.41, 5.74) is 2.20. The van der Waals surface area contributed by atoms with Gasteiger partial charge in [-0.25, -0.2) is 0 Å². The molecule has 0 amide bonds. The highest BCUT2D eigenvalue weighted by Crippen LogP contribution is 2.36. The molecular formula is C22H26O5. The molecule has 2 fully saturated rings. The fourth-order valence-electron chi connectivity index (χ4n) is 3.44. The molecule has 0 aliphatic carbocycles. The summed E-state index contributed by atoms with van der Waals surface area (Å²) >= 11 is 0. The molecule has 27 heavy (non-hydrogen) atoms. The molecule has 4 rings (SSSR count). The van der Waals surface area contributed by atoms with Gasteiger partial charge in [0, 0.05) is 0 Å². The Kier molecular flexibility index (Phi) is 5.57. The van der Waals surface area contributed by atoms with Gasteiger partial charge >= 0.3 is 0 Å². The maximum atomic E-state index is 6.22. The molecule has 4 unspecified atom stereocenters. The van der Waals surface area contributed by atoms with Gasteiger partial charge in [-0.2, -0.15) is 0 Å². The molecule has 0 N–H and O–H groups in total. The van der Waals surface area contributed by atoms with Crippen molar-refractivity contribution in [1.29, 1.82) is 0 Å². The second-order valence-corrected chi connectivity index (χ2v) is 7.39. The molecule has 4 atom stereocenters. The lowest BCUT2D eigenvalue weighted by molar-refractivity contribution is -0.302. The Balaban J connectivity index is 1.46. The lowest BCUT2D eigenvalue weighted by atomic mass is 10.1. The molecule has 5 heteroatoms. The first-order valence-corrected chi connectivity index (χ1v) is 9.39. The minimum atomic E-state index is -0.660. The van der Waals surface area contributed by atoms with Gasteiger partial charge in [0.1, 0.15) is 18.3 Å². The number of hydrogen-bond donors (Lipinski definition) is 0. The standard InChI is InChI=1S/C22H26O5/c1-22(2)25-15-18-19(27-22)20(23-13-16-9-5-3-6-10-16)21(26-18)24-14-17-11-7-4-8-12-17/h3-12,18-21H,13-15H2,1-2H3. The molecule has 144 valence electrons. The zero-order valence-electron chi connectivity index (χ0n) is 15.7. The van der Waals surface area contributed by atoms with Crippen LogP contribution in [0.4, 0.5) is 0 Å². The van der Waals surface area contributed by atoms with Gasteiger partial charge in [-0.05, 0) is 25.0 Å². The molecule has 2 aromatic carbocycles. The summed E-state index contributed by atoms with van der Waals surface area (Å²) < 4.78 is 30.2. The summed E-state index contributed by atoms with van der Waals surface area (Å²) in [5, 5.41) is 0. The Morgan fingerprint density at radius 1 is 0.889 bits per heavy atom. The van der Waals surface area contributed by atoms with E-state index in [1.165, 1.54) is 0 Å². The lowest BCUT2D eigenvalue weighted by Gasteiger charge is -2.38. The van der Waals surface area contributed by atoms with E-state index in [2.05, 4.69) is 0 Å². The SMILES string of the molecule is CC1(C)OCC2OC(OCc3ccccc3)C(OCc3ccccc3)C2O1. The zero-order chi connectivity index (χ0) is 18.7. The molecule has 0 radical (unpaired) electrons.